The summed E-state index contributed by atoms with van der Waals surface area (Å²) in [5, 5.41) is 14.9. The minimum Gasteiger partial charge on any atom is -0.488 e. The van der Waals surface area contributed by atoms with Crippen molar-refractivity contribution in [2.75, 3.05) is 0 Å². The summed E-state index contributed by atoms with van der Waals surface area (Å²) in [6.07, 6.45) is -3.89. The predicted molar refractivity (Wildman–Crippen MR) is 122 cm³/mol. The second kappa shape index (κ2) is 10.9. The number of hydrogen-bond donors (Lipinski definition) is 1. The van der Waals surface area contributed by atoms with E-state index in [1.807, 2.05) is 30.3 Å². The Morgan fingerprint density at radius 3 is 2.50 bits per heavy atom. The van der Waals surface area contributed by atoms with Crippen LogP contribution < -0.4 is 10.2 Å². The Kier molecular flexibility index (Phi) is 8.00. The SMILES string of the molecule is O=C(Cc1ccc(C(F)(F)F)cc1[N+](=O)[O-])N/N=C\c1ccc(OCc2ccccc2)c(Br)c1. The first-order valence-corrected chi connectivity index (χ1v) is 10.6. The van der Waals surface area contributed by atoms with Crippen molar-refractivity contribution >= 4 is 33.7 Å². The summed E-state index contributed by atoms with van der Waals surface area (Å²) >= 11 is 3.41. The van der Waals surface area contributed by atoms with Crippen molar-refractivity contribution < 1.29 is 27.6 Å². The number of carbonyl (C=O) groups is 1. The molecule has 0 saturated carbocycles. The number of rotatable bonds is 8. The van der Waals surface area contributed by atoms with E-state index < -0.39 is 34.7 Å². The van der Waals surface area contributed by atoms with E-state index in [4.69, 9.17) is 4.74 Å². The summed E-state index contributed by atoms with van der Waals surface area (Å²) in [4.78, 5) is 22.3. The molecule has 0 fully saturated rings. The Morgan fingerprint density at radius 2 is 1.85 bits per heavy atom. The maximum absolute atomic E-state index is 12.8. The van der Waals surface area contributed by atoms with Crippen LogP contribution in [0.2, 0.25) is 0 Å². The lowest BCUT2D eigenvalue weighted by atomic mass is 10.1. The number of nitro benzene ring substituents is 1. The third-order valence-corrected chi connectivity index (χ3v) is 5.18. The van der Waals surface area contributed by atoms with Crippen LogP contribution in [-0.4, -0.2) is 17.0 Å². The van der Waals surface area contributed by atoms with Gasteiger partial charge in [0, 0.05) is 11.6 Å². The third-order valence-electron chi connectivity index (χ3n) is 4.56. The number of ether oxygens (including phenoxy) is 1. The number of amides is 1. The van der Waals surface area contributed by atoms with E-state index in [1.165, 1.54) is 6.21 Å². The molecule has 0 radical (unpaired) electrons. The first-order valence-electron chi connectivity index (χ1n) is 9.76. The molecule has 0 aliphatic heterocycles. The number of nitrogens with zero attached hydrogens (tertiary/aromatic N) is 2. The first-order chi connectivity index (χ1) is 16.1. The van der Waals surface area contributed by atoms with Crippen molar-refractivity contribution in [3.63, 3.8) is 0 Å². The summed E-state index contributed by atoms with van der Waals surface area (Å²) in [6, 6.07) is 16.8. The molecular formula is C23H17BrF3N3O4. The molecule has 0 saturated heterocycles. The minimum atomic E-state index is -4.73. The number of benzene rings is 3. The molecule has 0 unspecified atom stereocenters. The maximum Gasteiger partial charge on any atom is 0.416 e. The molecule has 7 nitrogen and oxygen atoms in total. The van der Waals surface area contributed by atoms with Crippen LogP contribution in [0.15, 0.2) is 76.3 Å². The second-order valence-corrected chi connectivity index (χ2v) is 7.89. The minimum absolute atomic E-state index is 0.159. The fraction of sp³-hybridized carbons (Fsp3) is 0.130. The molecule has 1 N–H and O–H groups in total. The molecule has 0 spiro atoms. The van der Waals surface area contributed by atoms with E-state index in [2.05, 4.69) is 26.5 Å². The highest BCUT2D eigenvalue weighted by molar-refractivity contribution is 9.10. The molecular weight excluding hydrogens is 519 g/mol. The number of hydrogen-bond acceptors (Lipinski definition) is 5. The quantitative estimate of drug-likeness (QED) is 0.229. The van der Waals surface area contributed by atoms with E-state index in [9.17, 15) is 28.1 Å². The monoisotopic (exact) mass is 535 g/mol. The lowest BCUT2D eigenvalue weighted by molar-refractivity contribution is -0.385. The van der Waals surface area contributed by atoms with Crippen LogP contribution in [0.25, 0.3) is 0 Å². The van der Waals surface area contributed by atoms with E-state index >= 15 is 0 Å². The Hall–Kier alpha value is -3.73. The first kappa shape index (κ1) is 24.9. The molecule has 34 heavy (non-hydrogen) atoms. The molecule has 3 rings (SSSR count). The van der Waals surface area contributed by atoms with Crippen LogP contribution in [0, 0.1) is 10.1 Å². The van der Waals surface area contributed by atoms with Gasteiger partial charge in [-0.1, -0.05) is 36.4 Å². The largest absolute Gasteiger partial charge is 0.488 e. The zero-order valence-electron chi connectivity index (χ0n) is 17.4. The number of hydrazone groups is 1. The number of alkyl halides is 3. The average Bonchev–Trinajstić information content (AvgIpc) is 2.78. The smallest absolute Gasteiger partial charge is 0.416 e. The van der Waals surface area contributed by atoms with Gasteiger partial charge in [0.25, 0.3) is 5.69 Å². The molecule has 0 atom stereocenters. The lowest BCUT2D eigenvalue weighted by Crippen LogP contribution is -2.20. The molecule has 0 bridgehead atoms. The van der Waals surface area contributed by atoms with Gasteiger partial charge in [-0.3, -0.25) is 14.9 Å². The summed E-state index contributed by atoms with van der Waals surface area (Å²) in [5.74, 6) is -0.111. The van der Waals surface area contributed by atoms with Gasteiger partial charge in [-0.2, -0.15) is 18.3 Å². The van der Waals surface area contributed by atoms with Crippen molar-refractivity contribution in [1.29, 1.82) is 0 Å². The van der Waals surface area contributed by atoms with Gasteiger partial charge in [0.15, 0.2) is 0 Å². The van der Waals surface area contributed by atoms with E-state index in [1.54, 1.807) is 18.2 Å². The zero-order valence-corrected chi connectivity index (χ0v) is 19.0. The molecule has 3 aromatic rings. The van der Waals surface area contributed by atoms with Gasteiger partial charge >= 0.3 is 6.18 Å². The van der Waals surface area contributed by atoms with Crippen molar-refractivity contribution in [2.24, 2.45) is 5.10 Å². The Bertz CT molecular complexity index is 1220. The average molecular weight is 536 g/mol. The van der Waals surface area contributed by atoms with Crippen LogP contribution in [0.5, 0.6) is 5.75 Å². The highest BCUT2D eigenvalue weighted by Crippen LogP contribution is 2.33. The third kappa shape index (κ3) is 6.88. The van der Waals surface area contributed by atoms with Crippen LogP contribution in [0.4, 0.5) is 18.9 Å². The molecule has 0 heterocycles. The lowest BCUT2D eigenvalue weighted by Gasteiger charge is -2.09. The highest BCUT2D eigenvalue weighted by atomic mass is 79.9. The number of halogens is 4. The van der Waals surface area contributed by atoms with E-state index in [-0.39, 0.29) is 5.56 Å². The molecule has 11 heteroatoms. The van der Waals surface area contributed by atoms with Gasteiger partial charge in [0.1, 0.15) is 12.4 Å². The maximum atomic E-state index is 12.8. The van der Waals surface area contributed by atoms with Crippen LogP contribution in [0.1, 0.15) is 22.3 Å². The molecule has 0 aliphatic rings. The van der Waals surface area contributed by atoms with Gasteiger partial charge in [-0.05, 0) is 51.3 Å². The predicted octanol–water partition coefficient (Wildman–Crippen LogP) is 5.65. The van der Waals surface area contributed by atoms with Crippen LogP contribution in [0.3, 0.4) is 0 Å². The zero-order chi connectivity index (χ0) is 24.7. The molecule has 0 aliphatic carbocycles. The van der Waals surface area contributed by atoms with Gasteiger partial charge in [0.05, 0.1) is 27.6 Å². The van der Waals surface area contributed by atoms with Crippen LogP contribution in [-0.2, 0) is 24.0 Å². The highest BCUT2D eigenvalue weighted by Gasteiger charge is 2.33. The van der Waals surface area contributed by atoms with Crippen molar-refractivity contribution in [3.05, 3.63) is 104 Å². The van der Waals surface area contributed by atoms with Crippen molar-refractivity contribution in [2.45, 2.75) is 19.2 Å². The van der Waals surface area contributed by atoms with E-state index in [0.29, 0.717) is 34.5 Å². The standard InChI is InChI=1S/C23H17BrF3N3O4/c24-19-10-16(6-9-21(19)34-14-15-4-2-1-3-5-15)13-28-29-22(31)11-17-7-8-18(23(25,26)27)12-20(17)30(32)33/h1-10,12-13H,11,14H2,(H,29,31)/b28-13-. The topological polar surface area (TPSA) is 93.8 Å². The summed E-state index contributed by atoms with van der Waals surface area (Å²) in [6.45, 7) is 0.388. The molecule has 3 aromatic carbocycles. The fourth-order valence-electron chi connectivity index (χ4n) is 2.90. The fourth-order valence-corrected chi connectivity index (χ4v) is 3.41. The number of carbonyl (C=O) groups excluding carboxylic acids is 1. The number of nitrogens with one attached hydrogen (secondary N) is 1. The van der Waals surface area contributed by atoms with Gasteiger partial charge in [-0.25, -0.2) is 5.43 Å². The Labute approximate surface area is 200 Å². The Balaban J connectivity index is 1.59. The van der Waals surface area contributed by atoms with E-state index in [0.717, 1.165) is 11.6 Å². The Morgan fingerprint density at radius 1 is 1.12 bits per heavy atom. The van der Waals surface area contributed by atoms with Crippen LogP contribution >= 0.6 is 15.9 Å². The summed E-state index contributed by atoms with van der Waals surface area (Å²) < 4.78 is 44.8. The molecule has 0 aromatic heterocycles. The van der Waals surface area contributed by atoms with Crippen molar-refractivity contribution in [3.8, 4) is 5.75 Å². The second-order valence-electron chi connectivity index (χ2n) is 7.03. The normalized spacial score (nSPS) is 11.4. The summed E-state index contributed by atoms with van der Waals surface area (Å²) in [5.41, 5.74) is 1.73. The van der Waals surface area contributed by atoms with Gasteiger partial charge < -0.3 is 4.74 Å². The molecule has 176 valence electrons. The summed E-state index contributed by atoms with van der Waals surface area (Å²) in [7, 11) is 0. The van der Waals surface area contributed by atoms with Gasteiger partial charge in [-0.15, -0.1) is 0 Å². The molecule has 1 amide bonds. The van der Waals surface area contributed by atoms with Gasteiger partial charge in [0.2, 0.25) is 5.91 Å². The van der Waals surface area contributed by atoms with Crippen molar-refractivity contribution in [1.82, 2.24) is 5.43 Å². The number of nitro groups is 1.